The van der Waals surface area contributed by atoms with Crippen molar-refractivity contribution in [1.29, 1.82) is 0 Å². The Bertz CT molecular complexity index is 1010. The molecule has 0 aliphatic heterocycles. The summed E-state index contributed by atoms with van der Waals surface area (Å²) >= 11 is 6.16. The highest BCUT2D eigenvalue weighted by Crippen LogP contribution is 2.32. The van der Waals surface area contributed by atoms with E-state index in [0.717, 1.165) is 17.5 Å². The van der Waals surface area contributed by atoms with Crippen molar-refractivity contribution in [3.05, 3.63) is 62.5 Å². The fourth-order valence-electron chi connectivity index (χ4n) is 2.69. The number of hydrogen-bond donors (Lipinski definition) is 1. The molecule has 0 bridgehead atoms. The number of ether oxygens (including phenoxy) is 1. The first-order valence-electron chi connectivity index (χ1n) is 8.14. The number of rotatable bonds is 5. The van der Waals surface area contributed by atoms with Gasteiger partial charge in [-0.3, -0.25) is 0 Å². The third-order valence-electron chi connectivity index (χ3n) is 4.20. The van der Waals surface area contributed by atoms with Crippen molar-refractivity contribution in [3.8, 4) is 17.2 Å². The minimum absolute atomic E-state index is 0.114. The monoisotopic (exact) mass is 374 g/mol. The predicted octanol–water partition coefficient (Wildman–Crippen LogP) is 2.77. The number of aromatic nitrogens is 4. The van der Waals surface area contributed by atoms with Crippen molar-refractivity contribution in [2.75, 3.05) is 0 Å². The molecule has 8 heteroatoms. The van der Waals surface area contributed by atoms with Crippen molar-refractivity contribution in [2.45, 2.75) is 26.9 Å². The van der Waals surface area contributed by atoms with Gasteiger partial charge in [-0.25, -0.2) is 4.79 Å². The molecule has 0 fully saturated rings. The smallest absolute Gasteiger partial charge is 0.368 e. The highest BCUT2D eigenvalue weighted by molar-refractivity contribution is 6.32. The van der Waals surface area contributed by atoms with E-state index >= 15 is 0 Å². The maximum Gasteiger partial charge on any atom is 0.368 e. The molecule has 2 aromatic carbocycles. The van der Waals surface area contributed by atoms with Gasteiger partial charge in [-0.15, -0.1) is 0 Å². The molecule has 0 spiro atoms. The van der Waals surface area contributed by atoms with Gasteiger partial charge < -0.3 is 9.84 Å². The van der Waals surface area contributed by atoms with Gasteiger partial charge in [0.15, 0.2) is 0 Å². The van der Waals surface area contributed by atoms with Crippen LogP contribution in [0.15, 0.2) is 35.1 Å². The zero-order chi connectivity index (χ0) is 18.8. The highest BCUT2D eigenvalue weighted by Gasteiger charge is 2.15. The molecule has 3 aromatic rings. The molecule has 0 unspecified atom stereocenters. The Kier molecular flexibility index (Phi) is 4.99. The molecule has 7 nitrogen and oxygen atoms in total. The largest absolute Gasteiger partial charge is 0.508 e. The lowest BCUT2D eigenvalue weighted by atomic mass is 10.0. The van der Waals surface area contributed by atoms with Crippen LogP contribution < -0.4 is 10.4 Å². The first-order chi connectivity index (χ1) is 12.4. The van der Waals surface area contributed by atoms with Crippen molar-refractivity contribution < 1.29 is 9.84 Å². The molecule has 0 amide bonds. The Morgan fingerprint density at radius 1 is 1.27 bits per heavy atom. The summed E-state index contributed by atoms with van der Waals surface area (Å²) in [5.74, 6) is 0.577. The van der Waals surface area contributed by atoms with Crippen LogP contribution in [0.25, 0.3) is 5.69 Å². The van der Waals surface area contributed by atoms with E-state index < -0.39 is 0 Å². The summed E-state index contributed by atoms with van der Waals surface area (Å²) < 4.78 is 8.32. The standard InChI is InChI=1S/C18H19ClN4O3/c1-4-12-6-5-7-15(23-18(25)22(3)20-21-23)13(12)10-26-17-8-11(2)16(24)9-14(17)19/h5-9,24H,4,10H2,1-3H3. The van der Waals surface area contributed by atoms with E-state index in [1.54, 1.807) is 26.1 Å². The Morgan fingerprint density at radius 3 is 2.69 bits per heavy atom. The molecule has 0 radical (unpaired) electrons. The molecule has 1 aromatic heterocycles. The van der Waals surface area contributed by atoms with Crippen LogP contribution in [0, 0.1) is 6.92 Å². The second-order valence-electron chi connectivity index (χ2n) is 5.92. The van der Waals surface area contributed by atoms with Gasteiger partial charge in [-0.2, -0.15) is 9.36 Å². The van der Waals surface area contributed by atoms with E-state index in [1.165, 1.54) is 15.4 Å². The molecule has 1 N–H and O–H groups in total. The van der Waals surface area contributed by atoms with Gasteiger partial charge in [0, 0.05) is 18.7 Å². The summed E-state index contributed by atoms with van der Waals surface area (Å²) in [5, 5.41) is 17.7. The van der Waals surface area contributed by atoms with Crippen LogP contribution in [-0.2, 0) is 20.1 Å². The lowest BCUT2D eigenvalue weighted by molar-refractivity contribution is 0.303. The minimum atomic E-state index is -0.335. The van der Waals surface area contributed by atoms with Crippen LogP contribution in [0.3, 0.4) is 0 Å². The zero-order valence-electron chi connectivity index (χ0n) is 14.7. The van der Waals surface area contributed by atoms with Gasteiger partial charge in [-0.1, -0.05) is 30.7 Å². The number of hydrogen-bond acceptors (Lipinski definition) is 5. The van der Waals surface area contributed by atoms with Crippen LogP contribution in [0.4, 0.5) is 0 Å². The van der Waals surface area contributed by atoms with Gasteiger partial charge in [0.2, 0.25) is 0 Å². The van der Waals surface area contributed by atoms with E-state index in [0.29, 0.717) is 22.0 Å². The molecule has 0 saturated heterocycles. The molecular formula is C18H19ClN4O3. The number of aryl methyl sites for hydroxylation is 3. The SMILES string of the molecule is CCc1cccc(-n2nnn(C)c2=O)c1COc1cc(C)c(O)cc1Cl. The fourth-order valence-corrected chi connectivity index (χ4v) is 2.90. The number of nitrogens with zero attached hydrogens (tertiary/aromatic N) is 4. The summed E-state index contributed by atoms with van der Waals surface area (Å²) in [6, 6.07) is 8.79. The molecule has 3 rings (SSSR count). The van der Waals surface area contributed by atoms with Gasteiger partial charge in [0.25, 0.3) is 0 Å². The fraction of sp³-hybridized carbons (Fsp3) is 0.278. The topological polar surface area (TPSA) is 82.2 Å². The molecule has 0 saturated carbocycles. The number of benzene rings is 2. The van der Waals surface area contributed by atoms with Crippen molar-refractivity contribution in [1.82, 2.24) is 19.8 Å². The van der Waals surface area contributed by atoms with Gasteiger partial charge in [-0.05, 0) is 47.0 Å². The van der Waals surface area contributed by atoms with Crippen molar-refractivity contribution >= 4 is 11.6 Å². The summed E-state index contributed by atoms with van der Waals surface area (Å²) in [7, 11) is 1.55. The quantitative estimate of drug-likeness (QED) is 0.742. The third-order valence-corrected chi connectivity index (χ3v) is 4.50. The first kappa shape index (κ1) is 18.0. The maximum absolute atomic E-state index is 12.2. The number of tetrazole rings is 1. The average molecular weight is 375 g/mol. The zero-order valence-corrected chi connectivity index (χ0v) is 15.5. The van der Waals surface area contributed by atoms with Crippen molar-refractivity contribution in [3.63, 3.8) is 0 Å². The van der Waals surface area contributed by atoms with E-state index in [9.17, 15) is 9.90 Å². The predicted molar refractivity (Wildman–Crippen MR) is 98.2 cm³/mol. The molecule has 136 valence electrons. The average Bonchev–Trinajstić information content (AvgIpc) is 2.95. The van der Waals surface area contributed by atoms with E-state index in [4.69, 9.17) is 16.3 Å². The summed E-state index contributed by atoms with van der Waals surface area (Å²) in [6.45, 7) is 4.00. The van der Waals surface area contributed by atoms with Crippen molar-refractivity contribution in [2.24, 2.45) is 7.05 Å². The van der Waals surface area contributed by atoms with E-state index in [1.807, 2.05) is 19.1 Å². The number of phenolic OH excluding ortho intramolecular Hbond substituents is 1. The number of aromatic hydroxyl groups is 1. The van der Waals surface area contributed by atoms with Crippen LogP contribution in [0.2, 0.25) is 5.02 Å². The van der Waals surface area contributed by atoms with E-state index in [-0.39, 0.29) is 18.0 Å². The molecular weight excluding hydrogens is 356 g/mol. The Morgan fingerprint density at radius 2 is 2.04 bits per heavy atom. The van der Waals surface area contributed by atoms with Crippen LogP contribution in [0.5, 0.6) is 11.5 Å². The third kappa shape index (κ3) is 3.30. The van der Waals surface area contributed by atoms with Crippen LogP contribution in [0.1, 0.15) is 23.6 Å². The number of phenols is 1. The summed E-state index contributed by atoms with van der Waals surface area (Å²) in [6.07, 6.45) is 0.768. The molecule has 1 heterocycles. The molecule has 0 aliphatic rings. The van der Waals surface area contributed by atoms with E-state index in [2.05, 4.69) is 10.4 Å². The first-order valence-corrected chi connectivity index (χ1v) is 8.52. The molecule has 0 aliphatic carbocycles. The van der Waals surface area contributed by atoms with Gasteiger partial charge in [0.1, 0.15) is 18.1 Å². The van der Waals surface area contributed by atoms with Gasteiger partial charge >= 0.3 is 5.69 Å². The minimum Gasteiger partial charge on any atom is -0.508 e. The lowest BCUT2D eigenvalue weighted by Crippen LogP contribution is -2.23. The molecule has 26 heavy (non-hydrogen) atoms. The van der Waals surface area contributed by atoms with Crippen LogP contribution >= 0.6 is 11.6 Å². The Labute approximate surface area is 155 Å². The van der Waals surface area contributed by atoms with Gasteiger partial charge in [0.05, 0.1) is 10.7 Å². The molecule has 0 atom stereocenters. The summed E-state index contributed by atoms with van der Waals surface area (Å²) in [4.78, 5) is 12.2. The highest BCUT2D eigenvalue weighted by atomic mass is 35.5. The summed E-state index contributed by atoms with van der Waals surface area (Å²) in [5.41, 5.74) is 2.82. The number of halogens is 1. The Balaban J connectivity index is 2.01. The lowest BCUT2D eigenvalue weighted by Gasteiger charge is -2.15. The normalized spacial score (nSPS) is 10.9. The second-order valence-corrected chi connectivity index (χ2v) is 6.33. The van der Waals surface area contributed by atoms with Crippen LogP contribution in [-0.4, -0.2) is 24.9 Å². The second kappa shape index (κ2) is 7.21. The maximum atomic E-state index is 12.2. The Hall–Kier alpha value is -2.80.